The molecule has 1 unspecified atom stereocenters. The summed E-state index contributed by atoms with van der Waals surface area (Å²) < 4.78 is 0. The molecule has 0 saturated carbocycles. The minimum Gasteiger partial charge on any atom is -0.481 e. The van der Waals surface area contributed by atoms with Crippen molar-refractivity contribution in [3.05, 3.63) is 34.9 Å². The van der Waals surface area contributed by atoms with Gasteiger partial charge in [0.15, 0.2) is 0 Å². The molecule has 0 bridgehead atoms. The number of hydrogen-bond acceptors (Lipinski definition) is 2. The van der Waals surface area contributed by atoms with Crippen LogP contribution in [-0.2, 0) is 11.3 Å². The van der Waals surface area contributed by atoms with E-state index in [1.54, 1.807) is 0 Å². The third kappa shape index (κ3) is 2.67. The van der Waals surface area contributed by atoms with E-state index in [0.29, 0.717) is 6.54 Å². The SMILES string of the molecule is Cc1cccc(CN2CCC(C(=O)O)C2)c1C. The van der Waals surface area contributed by atoms with E-state index in [4.69, 9.17) is 5.11 Å². The lowest BCUT2D eigenvalue weighted by Crippen LogP contribution is -2.23. The van der Waals surface area contributed by atoms with Crippen LogP contribution in [0.2, 0.25) is 0 Å². The lowest BCUT2D eigenvalue weighted by Gasteiger charge is -2.17. The number of aryl methyl sites for hydroxylation is 1. The van der Waals surface area contributed by atoms with Crippen LogP contribution in [0.1, 0.15) is 23.1 Å². The number of benzene rings is 1. The van der Waals surface area contributed by atoms with Gasteiger partial charge in [0.05, 0.1) is 5.92 Å². The van der Waals surface area contributed by atoms with Crippen molar-refractivity contribution in [3.8, 4) is 0 Å². The van der Waals surface area contributed by atoms with Gasteiger partial charge >= 0.3 is 5.97 Å². The highest BCUT2D eigenvalue weighted by Gasteiger charge is 2.27. The summed E-state index contributed by atoms with van der Waals surface area (Å²) in [5.41, 5.74) is 3.94. The molecule has 3 heteroatoms. The summed E-state index contributed by atoms with van der Waals surface area (Å²) in [7, 11) is 0. The third-order valence-corrected chi connectivity index (χ3v) is 3.73. The first-order valence-corrected chi connectivity index (χ1v) is 6.08. The van der Waals surface area contributed by atoms with Crippen LogP contribution in [0.3, 0.4) is 0 Å². The average Bonchev–Trinajstić information content (AvgIpc) is 2.73. The zero-order chi connectivity index (χ0) is 12.4. The molecule has 1 atom stereocenters. The summed E-state index contributed by atoms with van der Waals surface area (Å²) in [6.07, 6.45) is 0.778. The fourth-order valence-corrected chi connectivity index (χ4v) is 2.40. The minimum absolute atomic E-state index is 0.180. The van der Waals surface area contributed by atoms with Gasteiger partial charge in [0.2, 0.25) is 0 Å². The maximum Gasteiger partial charge on any atom is 0.307 e. The van der Waals surface area contributed by atoms with Crippen LogP contribution in [0.15, 0.2) is 18.2 Å². The van der Waals surface area contributed by atoms with E-state index < -0.39 is 5.97 Å². The predicted octanol–water partition coefficient (Wildman–Crippen LogP) is 2.21. The minimum atomic E-state index is -0.659. The molecule has 1 saturated heterocycles. The van der Waals surface area contributed by atoms with E-state index in [1.807, 2.05) is 0 Å². The Balaban J connectivity index is 2.03. The fourth-order valence-electron chi connectivity index (χ4n) is 2.40. The van der Waals surface area contributed by atoms with Crippen LogP contribution in [0.4, 0.5) is 0 Å². The van der Waals surface area contributed by atoms with Crippen molar-refractivity contribution in [1.29, 1.82) is 0 Å². The van der Waals surface area contributed by atoms with Crippen LogP contribution < -0.4 is 0 Å². The Kier molecular flexibility index (Phi) is 3.48. The van der Waals surface area contributed by atoms with Crippen LogP contribution in [0.5, 0.6) is 0 Å². The van der Waals surface area contributed by atoms with Gasteiger partial charge in [-0.15, -0.1) is 0 Å². The van der Waals surface area contributed by atoms with Crippen molar-refractivity contribution in [2.75, 3.05) is 13.1 Å². The second-order valence-corrected chi connectivity index (χ2v) is 4.92. The Morgan fingerprint density at radius 2 is 2.24 bits per heavy atom. The zero-order valence-corrected chi connectivity index (χ0v) is 10.4. The molecule has 1 N–H and O–H groups in total. The second-order valence-electron chi connectivity index (χ2n) is 4.92. The molecule has 0 radical (unpaired) electrons. The number of aliphatic carboxylic acids is 1. The van der Waals surface area contributed by atoms with E-state index in [1.165, 1.54) is 16.7 Å². The van der Waals surface area contributed by atoms with Crippen LogP contribution >= 0.6 is 0 Å². The molecule has 2 rings (SSSR count). The molecule has 0 amide bonds. The molecule has 3 nitrogen and oxygen atoms in total. The summed E-state index contributed by atoms with van der Waals surface area (Å²) in [5.74, 6) is -0.839. The van der Waals surface area contributed by atoms with Gasteiger partial charge in [-0.2, -0.15) is 0 Å². The molecular formula is C14H19NO2. The van der Waals surface area contributed by atoms with E-state index in [-0.39, 0.29) is 5.92 Å². The van der Waals surface area contributed by atoms with E-state index in [9.17, 15) is 4.79 Å². The quantitative estimate of drug-likeness (QED) is 0.870. The number of carboxylic acid groups (broad SMARTS) is 1. The maximum atomic E-state index is 10.9. The van der Waals surface area contributed by atoms with E-state index >= 15 is 0 Å². The first-order chi connectivity index (χ1) is 8.08. The molecule has 0 spiro atoms. The fraction of sp³-hybridized carbons (Fsp3) is 0.500. The lowest BCUT2D eigenvalue weighted by atomic mass is 10.0. The highest BCUT2D eigenvalue weighted by atomic mass is 16.4. The number of likely N-dealkylation sites (tertiary alicyclic amines) is 1. The van der Waals surface area contributed by atoms with E-state index in [0.717, 1.165) is 19.5 Å². The molecule has 1 aromatic carbocycles. The van der Waals surface area contributed by atoms with Crippen molar-refractivity contribution in [2.24, 2.45) is 5.92 Å². The smallest absolute Gasteiger partial charge is 0.307 e. The van der Waals surface area contributed by atoms with Gasteiger partial charge in [-0.25, -0.2) is 0 Å². The summed E-state index contributed by atoms with van der Waals surface area (Å²) in [4.78, 5) is 13.1. The number of carboxylic acids is 1. The van der Waals surface area contributed by atoms with Crippen LogP contribution in [-0.4, -0.2) is 29.1 Å². The maximum absolute atomic E-state index is 10.9. The van der Waals surface area contributed by atoms with Gasteiger partial charge in [0.1, 0.15) is 0 Å². The number of hydrogen-bond donors (Lipinski definition) is 1. The molecule has 1 fully saturated rings. The van der Waals surface area contributed by atoms with Crippen molar-refractivity contribution >= 4 is 5.97 Å². The highest BCUT2D eigenvalue weighted by molar-refractivity contribution is 5.70. The van der Waals surface area contributed by atoms with Gasteiger partial charge in [-0.1, -0.05) is 18.2 Å². The average molecular weight is 233 g/mol. The summed E-state index contributed by atoms with van der Waals surface area (Å²) >= 11 is 0. The molecule has 1 aliphatic rings. The van der Waals surface area contributed by atoms with E-state index in [2.05, 4.69) is 36.9 Å². The van der Waals surface area contributed by atoms with Crippen LogP contribution in [0, 0.1) is 19.8 Å². The van der Waals surface area contributed by atoms with Crippen LogP contribution in [0.25, 0.3) is 0 Å². The van der Waals surface area contributed by atoms with Gasteiger partial charge < -0.3 is 5.11 Å². The van der Waals surface area contributed by atoms with Crippen molar-refractivity contribution < 1.29 is 9.90 Å². The molecule has 1 aliphatic heterocycles. The van der Waals surface area contributed by atoms with Gasteiger partial charge in [-0.3, -0.25) is 9.69 Å². The molecule has 92 valence electrons. The topological polar surface area (TPSA) is 40.5 Å². The molecule has 1 aromatic rings. The van der Waals surface area contributed by atoms with Gasteiger partial charge in [0, 0.05) is 13.1 Å². The predicted molar refractivity (Wildman–Crippen MR) is 66.9 cm³/mol. The number of rotatable bonds is 3. The number of nitrogens with zero attached hydrogens (tertiary/aromatic N) is 1. The monoisotopic (exact) mass is 233 g/mol. The first-order valence-electron chi connectivity index (χ1n) is 6.08. The largest absolute Gasteiger partial charge is 0.481 e. The lowest BCUT2D eigenvalue weighted by molar-refractivity contribution is -0.141. The Morgan fingerprint density at radius 1 is 1.47 bits per heavy atom. The van der Waals surface area contributed by atoms with Gasteiger partial charge in [-0.05, 0) is 43.5 Å². The van der Waals surface area contributed by atoms with Crippen molar-refractivity contribution in [1.82, 2.24) is 4.90 Å². The molecule has 0 aromatic heterocycles. The zero-order valence-electron chi connectivity index (χ0n) is 10.4. The third-order valence-electron chi connectivity index (χ3n) is 3.73. The standard InChI is InChI=1S/C14H19NO2/c1-10-4-3-5-12(11(10)2)8-15-7-6-13(9-15)14(16)17/h3-5,13H,6-9H2,1-2H3,(H,16,17). The summed E-state index contributed by atoms with van der Waals surface area (Å²) in [6, 6.07) is 6.32. The second kappa shape index (κ2) is 4.88. The molecule has 17 heavy (non-hydrogen) atoms. The Bertz CT molecular complexity index is 428. The van der Waals surface area contributed by atoms with Gasteiger partial charge in [0.25, 0.3) is 0 Å². The molecule has 1 heterocycles. The highest BCUT2D eigenvalue weighted by Crippen LogP contribution is 2.21. The molecule has 0 aliphatic carbocycles. The first kappa shape index (κ1) is 12.1. The summed E-state index contributed by atoms with van der Waals surface area (Å²) in [6.45, 7) is 6.70. The normalized spacial score (nSPS) is 20.7. The molecular weight excluding hydrogens is 214 g/mol. The Labute approximate surface area is 102 Å². The number of carbonyl (C=O) groups is 1. The Hall–Kier alpha value is -1.35. The Morgan fingerprint density at radius 3 is 2.88 bits per heavy atom. The van der Waals surface area contributed by atoms with Crippen molar-refractivity contribution in [3.63, 3.8) is 0 Å². The summed E-state index contributed by atoms with van der Waals surface area (Å²) in [5, 5.41) is 8.97. The van der Waals surface area contributed by atoms with Crippen molar-refractivity contribution in [2.45, 2.75) is 26.8 Å².